The Morgan fingerprint density at radius 3 is 2.52 bits per heavy atom. The van der Waals surface area contributed by atoms with Gasteiger partial charge in [0, 0.05) is 32.6 Å². The van der Waals surface area contributed by atoms with Crippen LogP contribution in [0.5, 0.6) is 0 Å². The predicted octanol–water partition coefficient (Wildman–Crippen LogP) is 4.37. The van der Waals surface area contributed by atoms with Gasteiger partial charge in [0.2, 0.25) is 5.91 Å². The Balaban J connectivity index is 0.00000300. The smallest absolute Gasteiger partial charge is 0.222 e. The molecule has 1 aromatic carbocycles. The summed E-state index contributed by atoms with van der Waals surface area (Å²) in [7, 11) is 0. The van der Waals surface area contributed by atoms with Crippen LogP contribution in [-0.4, -0.2) is 36.4 Å². The maximum absolute atomic E-state index is 11.8. The first kappa shape index (κ1) is 23.7. The van der Waals surface area contributed by atoms with Crippen molar-refractivity contribution in [2.75, 3.05) is 19.6 Å². The van der Waals surface area contributed by atoms with Gasteiger partial charge in [-0.1, -0.05) is 35.9 Å². The van der Waals surface area contributed by atoms with Gasteiger partial charge in [-0.25, -0.2) is 4.99 Å². The molecular formula is C23H35IN4O. The lowest BCUT2D eigenvalue weighted by atomic mass is 9.97. The number of likely N-dealkylation sites (tertiary alicyclic amines) is 1. The summed E-state index contributed by atoms with van der Waals surface area (Å²) in [6, 6.07) is 8.48. The van der Waals surface area contributed by atoms with Crippen LogP contribution in [0, 0.1) is 0 Å². The Hall–Kier alpha value is -1.57. The third kappa shape index (κ3) is 7.99. The summed E-state index contributed by atoms with van der Waals surface area (Å²) in [5.74, 6) is 1.16. The van der Waals surface area contributed by atoms with Crippen molar-refractivity contribution in [3.63, 3.8) is 0 Å². The van der Waals surface area contributed by atoms with Crippen LogP contribution in [0.1, 0.15) is 63.0 Å². The summed E-state index contributed by atoms with van der Waals surface area (Å²) in [6.45, 7) is 6.15. The van der Waals surface area contributed by atoms with E-state index in [-0.39, 0.29) is 29.9 Å². The van der Waals surface area contributed by atoms with Gasteiger partial charge < -0.3 is 15.5 Å². The van der Waals surface area contributed by atoms with E-state index < -0.39 is 0 Å². The molecule has 0 radical (unpaired) electrons. The third-order valence-electron chi connectivity index (χ3n) is 5.46. The molecule has 0 spiro atoms. The second kappa shape index (κ2) is 12.9. The summed E-state index contributed by atoms with van der Waals surface area (Å²) in [4.78, 5) is 18.4. The summed E-state index contributed by atoms with van der Waals surface area (Å²) in [5.41, 5.74) is 3.96. The van der Waals surface area contributed by atoms with E-state index in [2.05, 4.69) is 47.9 Å². The number of aliphatic imine (C=N–C) groups is 1. The van der Waals surface area contributed by atoms with E-state index in [4.69, 9.17) is 4.99 Å². The van der Waals surface area contributed by atoms with Crippen molar-refractivity contribution < 1.29 is 4.79 Å². The van der Waals surface area contributed by atoms with E-state index in [1.54, 1.807) is 5.57 Å². The normalized spacial score (nSPS) is 17.0. The van der Waals surface area contributed by atoms with Gasteiger partial charge in [-0.05, 0) is 56.6 Å². The van der Waals surface area contributed by atoms with Gasteiger partial charge in [0.15, 0.2) is 5.96 Å². The fraction of sp³-hybridized carbons (Fsp3) is 0.565. The number of allylic oxidation sites excluding steroid dienone is 1. The zero-order chi connectivity index (χ0) is 19.6. The van der Waals surface area contributed by atoms with Gasteiger partial charge in [0.1, 0.15) is 0 Å². The van der Waals surface area contributed by atoms with Crippen LogP contribution in [0.2, 0.25) is 0 Å². The number of halogens is 1. The first-order valence-electron chi connectivity index (χ1n) is 10.8. The number of amides is 1. The van der Waals surface area contributed by atoms with E-state index in [9.17, 15) is 4.79 Å². The van der Waals surface area contributed by atoms with Crippen LogP contribution >= 0.6 is 24.0 Å². The maximum atomic E-state index is 11.8. The molecule has 1 fully saturated rings. The molecule has 0 aromatic heterocycles. The lowest BCUT2D eigenvalue weighted by Crippen LogP contribution is -2.37. The molecule has 0 unspecified atom stereocenters. The number of hydrogen-bond donors (Lipinski definition) is 2. The summed E-state index contributed by atoms with van der Waals surface area (Å²) < 4.78 is 0. The second-order valence-corrected chi connectivity index (χ2v) is 7.72. The number of hydrogen-bond acceptors (Lipinski definition) is 2. The molecule has 6 heteroatoms. The number of benzene rings is 1. The van der Waals surface area contributed by atoms with Gasteiger partial charge in [-0.2, -0.15) is 0 Å². The van der Waals surface area contributed by atoms with Crippen LogP contribution in [0.3, 0.4) is 0 Å². The topological polar surface area (TPSA) is 56.7 Å². The highest BCUT2D eigenvalue weighted by atomic mass is 127. The zero-order valence-corrected chi connectivity index (χ0v) is 19.9. The molecule has 1 aromatic rings. The minimum atomic E-state index is 0. The minimum absolute atomic E-state index is 0. The Labute approximate surface area is 192 Å². The molecule has 29 heavy (non-hydrogen) atoms. The maximum Gasteiger partial charge on any atom is 0.222 e. The minimum Gasteiger partial charge on any atom is -0.357 e. The zero-order valence-electron chi connectivity index (χ0n) is 17.6. The fourth-order valence-corrected chi connectivity index (χ4v) is 3.83. The lowest BCUT2D eigenvalue weighted by Gasteiger charge is -2.16. The number of guanidine groups is 1. The highest BCUT2D eigenvalue weighted by Gasteiger charge is 2.19. The molecule has 5 nitrogen and oxygen atoms in total. The van der Waals surface area contributed by atoms with E-state index >= 15 is 0 Å². The number of carbonyl (C=O) groups excluding carboxylic acids is 1. The van der Waals surface area contributed by atoms with E-state index in [1.165, 1.54) is 36.8 Å². The molecule has 0 atom stereocenters. The van der Waals surface area contributed by atoms with Crippen molar-refractivity contribution in [3.8, 4) is 0 Å². The van der Waals surface area contributed by atoms with Crippen molar-refractivity contribution in [1.29, 1.82) is 0 Å². The fourth-order valence-electron chi connectivity index (χ4n) is 3.83. The van der Waals surface area contributed by atoms with Crippen LogP contribution in [0.15, 0.2) is 40.9 Å². The molecule has 2 N–H and O–H groups in total. The predicted molar refractivity (Wildman–Crippen MR) is 130 cm³/mol. The molecule has 2 aliphatic rings. The molecule has 1 amide bonds. The molecule has 160 valence electrons. The van der Waals surface area contributed by atoms with Crippen molar-refractivity contribution in [2.24, 2.45) is 4.99 Å². The van der Waals surface area contributed by atoms with E-state index in [0.717, 1.165) is 45.0 Å². The molecule has 3 rings (SSSR count). The van der Waals surface area contributed by atoms with Crippen molar-refractivity contribution >= 4 is 35.8 Å². The Bertz CT molecular complexity index is 699. The third-order valence-corrected chi connectivity index (χ3v) is 5.46. The summed E-state index contributed by atoms with van der Waals surface area (Å²) in [6.07, 6.45) is 10.4. The molecule has 1 aliphatic heterocycles. The van der Waals surface area contributed by atoms with E-state index in [0.29, 0.717) is 13.0 Å². The molecule has 0 saturated carbocycles. The van der Waals surface area contributed by atoms with Crippen molar-refractivity contribution in [2.45, 2.75) is 65.0 Å². The number of nitrogens with one attached hydrogen (secondary N) is 2. The van der Waals surface area contributed by atoms with Crippen LogP contribution in [-0.2, 0) is 17.9 Å². The Morgan fingerprint density at radius 1 is 1.07 bits per heavy atom. The highest BCUT2D eigenvalue weighted by molar-refractivity contribution is 14.0. The first-order valence-corrected chi connectivity index (χ1v) is 10.8. The molecule has 1 aliphatic carbocycles. The SMILES string of the molecule is CCNC(=NCc1ccc(CN2CCCC2=O)cc1)NCCC1=CCCCC1.I. The number of nitrogens with zero attached hydrogens (tertiary/aromatic N) is 2. The van der Waals surface area contributed by atoms with Crippen LogP contribution < -0.4 is 10.6 Å². The molecular weight excluding hydrogens is 475 g/mol. The van der Waals surface area contributed by atoms with Crippen molar-refractivity contribution in [1.82, 2.24) is 15.5 Å². The van der Waals surface area contributed by atoms with Gasteiger partial charge >= 0.3 is 0 Å². The average molecular weight is 510 g/mol. The highest BCUT2D eigenvalue weighted by Crippen LogP contribution is 2.19. The van der Waals surface area contributed by atoms with Crippen molar-refractivity contribution in [3.05, 3.63) is 47.0 Å². The molecule has 1 saturated heterocycles. The standard InChI is InChI=1S/C23H34N4O.HI/c1-2-24-23(25-15-14-19-7-4-3-5-8-19)26-17-20-10-12-21(13-11-20)18-27-16-6-9-22(27)28;/h7,10-13H,2-6,8-9,14-18H2,1H3,(H2,24,25,26);1H. The average Bonchev–Trinajstić information content (AvgIpc) is 3.12. The molecule has 0 bridgehead atoms. The largest absolute Gasteiger partial charge is 0.357 e. The lowest BCUT2D eigenvalue weighted by molar-refractivity contribution is -0.128. The van der Waals surface area contributed by atoms with Gasteiger partial charge in [-0.3, -0.25) is 4.79 Å². The van der Waals surface area contributed by atoms with Crippen LogP contribution in [0.4, 0.5) is 0 Å². The monoisotopic (exact) mass is 510 g/mol. The Kier molecular flexibility index (Phi) is 10.5. The first-order chi connectivity index (χ1) is 13.7. The van der Waals surface area contributed by atoms with Gasteiger partial charge in [0.25, 0.3) is 0 Å². The summed E-state index contributed by atoms with van der Waals surface area (Å²) >= 11 is 0. The second-order valence-electron chi connectivity index (χ2n) is 7.72. The number of carbonyl (C=O) groups is 1. The summed E-state index contributed by atoms with van der Waals surface area (Å²) in [5, 5.41) is 6.79. The van der Waals surface area contributed by atoms with Crippen LogP contribution in [0.25, 0.3) is 0 Å². The Morgan fingerprint density at radius 2 is 1.86 bits per heavy atom. The van der Waals surface area contributed by atoms with Gasteiger partial charge in [0.05, 0.1) is 6.54 Å². The number of rotatable bonds is 8. The van der Waals surface area contributed by atoms with Gasteiger partial charge in [-0.15, -0.1) is 24.0 Å². The van der Waals surface area contributed by atoms with E-state index in [1.807, 2.05) is 4.90 Å². The quantitative estimate of drug-likeness (QED) is 0.236. The molecule has 1 heterocycles.